The maximum atomic E-state index is 12.2. The third kappa shape index (κ3) is 4.63. The maximum absolute atomic E-state index is 12.2. The average Bonchev–Trinajstić information content (AvgIpc) is 2.53. The Morgan fingerprint density at radius 2 is 1.83 bits per heavy atom. The molecule has 1 aromatic carbocycles. The first-order valence-electron chi connectivity index (χ1n) is 7.41. The van der Waals surface area contributed by atoms with Gasteiger partial charge in [0.05, 0.1) is 0 Å². The van der Waals surface area contributed by atoms with E-state index in [1.807, 2.05) is 44.2 Å². The molecule has 1 amide bonds. The van der Waals surface area contributed by atoms with Gasteiger partial charge in [0.15, 0.2) is 0 Å². The van der Waals surface area contributed by atoms with E-state index in [0.717, 1.165) is 5.56 Å². The van der Waals surface area contributed by atoms with Crippen LogP contribution in [-0.2, 0) is 14.8 Å². The Morgan fingerprint density at radius 1 is 1.13 bits per heavy atom. The topological polar surface area (TPSA) is 76.1 Å². The molecule has 1 N–H and O–H groups in total. The standard InChI is InChI=1S/C17H20N2O3S/c1-13(2)16(14-7-4-3-5-8-14)11-17(20)19-23(21,22)15-9-6-10-18-12-15/h3-10,12-13,16H,11H2,1-2H3,(H,19,20)/t16-/m1/s1. The lowest BCUT2D eigenvalue weighted by Gasteiger charge is -2.20. The highest BCUT2D eigenvalue weighted by Crippen LogP contribution is 2.27. The second-order valence-corrected chi connectivity index (χ2v) is 7.37. The van der Waals surface area contributed by atoms with Gasteiger partial charge >= 0.3 is 0 Å². The van der Waals surface area contributed by atoms with Gasteiger partial charge in [0.1, 0.15) is 4.90 Å². The fraction of sp³-hybridized carbons (Fsp3) is 0.294. The Morgan fingerprint density at radius 3 is 2.39 bits per heavy atom. The van der Waals surface area contributed by atoms with Crippen molar-refractivity contribution >= 4 is 15.9 Å². The molecule has 0 spiro atoms. The van der Waals surface area contributed by atoms with Crippen LogP contribution in [0.25, 0.3) is 0 Å². The van der Waals surface area contributed by atoms with Gasteiger partial charge in [-0.05, 0) is 29.5 Å². The van der Waals surface area contributed by atoms with E-state index in [-0.39, 0.29) is 23.2 Å². The van der Waals surface area contributed by atoms with Crippen LogP contribution < -0.4 is 4.72 Å². The van der Waals surface area contributed by atoms with Crippen LogP contribution in [-0.4, -0.2) is 19.3 Å². The van der Waals surface area contributed by atoms with Gasteiger partial charge in [-0.25, -0.2) is 13.1 Å². The van der Waals surface area contributed by atoms with Gasteiger partial charge in [-0.2, -0.15) is 0 Å². The van der Waals surface area contributed by atoms with Crippen molar-refractivity contribution in [3.8, 4) is 0 Å². The van der Waals surface area contributed by atoms with Crippen LogP contribution in [0, 0.1) is 5.92 Å². The third-order valence-corrected chi connectivity index (χ3v) is 4.99. The number of nitrogens with zero attached hydrogens (tertiary/aromatic N) is 1. The number of pyridine rings is 1. The molecule has 0 aliphatic rings. The number of aromatic nitrogens is 1. The van der Waals surface area contributed by atoms with Crippen LogP contribution in [0.1, 0.15) is 31.7 Å². The summed E-state index contributed by atoms with van der Waals surface area (Å²) in [5.74, 6) is -0.346. The molecule has 2 aromatic rings. The highest BCUT2D eigenvalue weighted by atomic mass is 32.2. The van der Waals surface area contributed by atoms with Gasteiger partial charge in [0.25, 0.3) is 10.0 Å². The number of carbonyl (C=O) groups is 1. The molecular weight excluding hydrogens is 312 g/mol. The molecule has 0 saturated heterocycles. The van der Waals surface area contributed by atoms with Crippen LogP contribution in [0.15, 0.2) is 59.8 Å². The molecule has 5 nitrogen and oxygen atoms in total. The highest BCUT2D eigenvalue weighted by Gasteiger charge is 2.23. The molecule has 2 rings (SSSR count). The number of amides is 1. The van der Waals surface area contributed by atoms with Crippen LogP contribution >= 0.6 is 0 Å². The number of hydrogen-bond donors (Lipinski definition) is 1. The van der Waals surface area contributed by atoms with Crippen LogP contribution in [0.4, 0.5) is 0 Å². The van der Waals surface area contributed by atoms with Crippen molar-refractivity contribution in [3.05, 3.63) is 60.4 Å². The lowest BCUT2D eigenvalue weighted by molar-refractivity contribution is -0.119. The lowest BCUT2D eigenvalue weighted by atomic mass is 9.86. The van der Waals surface area contributed by atoms with Gasteiger partial charge < -0.3 is 0 Å². The number of nitrogens with one attached hydrogen (secondary N) is 1. The maximum Gasteiger partial charge on any atom is 0.265 e. The van der Waals surface area contributed by atoms with E-state index in [2.05, 4.69) is 9.71 Å². The van der Waals surface area contributed by atoms with Crippen molar-refractivity contribution < 1.29 is 13.2 Å². The molecule has 0 saturated carbocycles. The first-order chi connectivity index (χ1) is 10.9. The molecule has 6 heteroatoms. The van der Waals surface area contributed by atoms with Crippen molar-refractivity contribution in [1.82, 2.24) is 9.71 Å². The second kappa shape index (κ2) is 7.37. The van der Waals surface area contributed by atoms with E-state index in [9.17, 15) is 13.2 Å². The second-order valence-electron chi connectivity index (χ2n) is 5.68. The van der Waals surface area contributed by atoms with E-state index in [0.29, 0.717) is 0 Å². The largest absolute Gasteiger partial charge is 0.274 e. The minimum absolute atomic E-state index is 0.0193. The zero-order valence-electron chi connectivity index (χ0n) is 13.1. The minimum Gasteiger partial charge on any atom is -0.274 e. The molecule has 0 bridgehead atoms. The van der Waals surface area contributed by atoms with Gasteiger partial charge in [-0.3, -0.25) is 9.78 Å². The van der Waals surface area contributed by atoms with Gasteiger partial charge in [-0.1, -0.05) is 44.2 Å². The smallest absolute Gasteiger partial charge is 0.265 e. The van der Waals surface area contributed by atoms with Crippen molar-refractivity contribution in [1.29, 1.82) is 0 Å². The molecule has 0 aliphatic carbocycles. The molecule has 0 aliphatic heterocycles. The van der Waals surface area contributed by atoms with Gasteiger partial charge in [0, 0.05) is 18.8 Å². The van der Waals surface area contributed by atoms with Crippen molar-refractivity contribution in [3.63, 3.8) is 0 Å². The summed E-state index contributed by atoms with van der Waals surface area (Å²) in [7, 11) is -3.88. The summed E-state index contributed by atoms with van der Waals surface area (Å²) in [5.41, 5.74) is 1.02. The molecule has 1 aromatic heterocycles. The Balaban J connectivity index is 2.11. The Labute approximate surface area is 136 Å². The zero-order chi connectivity index (χ0) is 16.9. The van der Waals surface area contributed by atoms with Crippen LogP contribution in [0.2, 0.25) is 0 Å². The molecule has 1 heterocycles. The number of sulfonamides is 1. The molecule has 0 fully saturated rings. The summed E-state index contributed by atoms with van der Waals surface area (Å²) in [5, 5.41) is 0. The fourth-order valence-corrected chi connectivity index (χ4v) is 3.35. The summed E-state index contributed by atoms with van der Waals surface area (Å²) in [6.07, 6.45) is 2.80. The minimum atomic E-state index is -3.88. The number of benzene rings is 1. The Bertz CT molecular complexity index is 744. The molecule has 1 atom stereocenters. The SMILES string of the molecule is CC(C)[C@@H](CC(=O)NS(=O)(=O)c1cccnc1)c1ccccc1. The van der Waals surface area contributed by atoms with E-state index in [4.69, 9.17) is 0 Å². The van der Waals surface area contributed by atoms with Crippen molar-refractivity contribution in [2.45, 2.75) is 31.1 Å². The van der Waals surface area contributed by atoms with E-state index in [1.165, 1.54) is 24.5 Å². The normalized spacial score (nSPS) is 12.8. The monoisotopic (exact) mass is 332 g/mol. The Hall–Kier alpha value is -2.21. The van der Waals surface area contributed by atoms with Crippen LogP contribution in [0.5, 0.6) is 0 Å². The number of rotatable bonds is 6. The predicted octanol–water partition coefficient (Wildman–Crippen LogP) is 2.72. The summed E-state index contributed by atoms with van der Waals surface area (Å²) in [6.45, 7) is 4.03. The fourth-order valence-electron chi connectivity index (χ4n) is 2.39. The van der Waals surface area contributed by atoms with Crippen molar-refractivity contribution in [2.75, 3.05) is 0 Å². The van der Waals surface area contributed by atoms with Gasteiger partial charge in [0.2, 0.25) is 5.91 Å². The van der Waals surface area contributed by atoms with E-state index in [1.54, 1.807) is 0 Å². The molecule has 0 radical (unpaired) electrons. The molecule has 122 valence electrons. The van der Waals surface area contributed by atoms with Crippen molar-refractivity contribution in [2.24, 2.45) is 5.92 Å². The summed E-state index contributed by atoms with van der Waals surface area (Å²) >= 11 is 0. The molecule has 0 unspecified atom stereocenters. The van der Waals surface area contributed by atoms with Gasteiger partial charge in [-0.15, -0.1) is 0 Å². The number of hydrogen-bond acceptors (Lipinski definition) is 4. The van der Waals surface area contributed by atoms with E-state index >= 15 is 0 Å². The highest BCUT2D eigenvalue weighted by molar-refractivity contribution is 7.90. The Kier molecular flexibility index (Phi) is 5.50. The number of carbonyl (C=O) groups excluding carboxylic acids is 1. The third-order valence-electron chi connectivity index (χ3n) is 3.63. The average molecular weight is 332 g/mol. The van der Waals surface area contributed by atoms with E-state index < -0.39 is 15.9 Å². The molecule has 23 heavy (non-hydrogen) atoms. The molecular formula is C17H20N2O3S. The summed E-state index contributed by atoms with van der Waals surface area (Å²) in [6, 6.07) is 12.6. The first kappa shape index (κ1) is 17.1. The quantitative estimate of drug-likeness (QED) is 0.882. The first-order valence-corrected chi connectivity index (χ1v) is 8.89. The lowest BCUT2D eigenvalue weighted by Crippen LogP contribution is -2.32. The summed E-state index contributed by atoms with van der Waals surface area (Å²) < 4.78 is 26.4. The zero-order valence-corrected chi connectivity index (χ0v) is 14.0. The predicted molar refractivity (Wildman–Crippen MR) is 88.2 cm³/mol. The summed E-state index contributed by atoms with van der Waals surface area (Å²) in [4.78, 5) is 16.0. The van der Waals surface area contributed by atoms with Crippen LogP contribution in [0.3, 0.4) is 0 Å².